The van der Waals surface area contributed by atoms with E-state index in [-0.39, 0.29) is 6.61 Å². The normalized spacial score (nSPS) is 9.79. The fraction of sp³-hybridized carbons (Fsp3) is 0.300. The molecular weight excluding hydrogens is 180 g/mol. The number of nitrogens with two attached hydrogens (primary N) is 1. The molecule has 14 heavy (non-hydrogen) atoms. The molecule has 0 aliphatic heterocycles. The van der Waals surface area contributed by atoms with E-state index in [1.807, 2.05) is 31.3 Å². The average Bonchev–Trinajstić information content (AvgIpc) is 2.17. The quantitative estimate of drug-likeness (QED) is 0.751. The van der Waals surface area contributed by atoms with Gasteiger partial charge in [-0.3, -0.25) is 0 Å². The number of ether oxygens (including phenoxy) is 1. The Labute approximate surface area is 83.1 Å². The Morgan fingerprint density at radius 3 is 2.43 bits per heavy atom. The summed E-state index contributed by atoms with van der Waals surface area (Å²) in [6.45, 7) is 1.06. The molecule has 1 amide bonds. The third-order valence-corrected chi connectivity index (χ3v) is 1.78. The lowest BCUT2D eigenvalue weighted by Gasteiger charge is -2.03. The Bertz CT molecular complexity index is 295. The Hall–Kier alpha value is -1.55. The molecule has 0 aromatic heterocycles. The second kappa shape index (κ2) is 5.24. The summed E-state index contributed by atoms with van der Waals surface area (Å²) in [7, 11) is 1.89. The van der Waals surface area contributed by atoms with E-state index in [2.05, 4.69) is 10.1 Å². The molecule has 76 valence electrons. The van der Waals surface area contributed by atoms with Crippen LogP contribution in [0, 0.1) is 0 Å². The van der Waals surface area contributed by atoms with Crippen LogP contribution in [0.25, 0.3) is 0 Å². The van der Waals surface area contributed by atoms with Gasteiger partial charge in [-0.1, -0.05) is 24.3 Å². The molecule has 0 atom stereocenters. The van der Waals surface area contributed by atoms with E-state index in [0.717, 1.165) is 12.1 Å². The van der Waals surface area contributed by atoms with Crippen LogP contribution in [0.4, 0.5) is 4.79 Å². The van der Waals surface area contributed by atoms with E-state index in [1.165, 1.54) is 5.56 Å². The Morgan fingerprint density at radius 2 is 1.93 bits per heavy atom. The molecule has 0 unspecified atom stereocenters. The van der Waals surface area contributed by atoms with Crippen LogP contribution in [0.5, 0.6) is 0 Å². The first kappa shape index (κ1) is 10.5. The topological polar surface area (TPSA) is 64.3 Å². The van der Waals surface area contributed by atoms with Crippen LogP contribution in [-0.2, 0) is 17.9 Å². The van der Waals surface area contributed by atoms with Crippen molar-refractivity contribution in [3.8, 4) is 0 Å². The molecule has 0 spiro atoms. The lowest BCUT2D eigenvalue weighted by Crippen LogP contribution is -2.12. The fourth-order valence-corrected chi connectivity index (χ4v) is 1.11. The molecule has 0 fully saturated rings. The smallest absolute Gasteiger partial charge is 0.404 e. The minimum Gasteiger partial charge on any atom is -0.445 e. The number of carbonyl (C=O) groups is 1. The molecule has 4 heteroatoms. The molecule has 1 aromatic rings. The monoisotopic (exact) mass is 194 g/mol. The summed E-state index contributed by atoms with van der Waals surface area (Å²) in [5, 5.41) is 3.05. The van der Waals surface area contributed by atoms with Gasteiger partial charge >= 0.3 is 6.09 Å². The van der Waals surface area contributed by atoms with Gasteiger partial charge in [-0.2, -0.15) is 0 Å². The van der Waals surface area contributed by atoms with Crippen molar-refractivity contribution in [1.82, 2.24) is 5.32 Å². The summed E-state index contributed by atoms with van der Waals surface area (Å²) < 4.78 is 4.65. The first-order chi connectivity index (χ1) is 6.72. The molecule has 0 saturated heterocycles. The predicted octanol–water partition coefficient (Wildman–Crippen LogP) is 1.00. The highest BCUT2D eigenvalue weighted by Crippen LogP contribution is 2.05. The number of benzene rings is 1. The minimum atomic E-state index is -0.746. The second-order valence-electron chi connectivity index (χ2n) is 2.95. The average molecular weight is 194 g/mol. The zero-order chi connectivity index (χ0) is 10.4. The lowest BCUT2D eigenvalue weighted by atomic mass is 10.1. The predicted molar refractivity (Wildman–Crippen MR) is 53.6 cm³/mol. The van der Waals surface area contributed by atoms with Gasteiger partial charge in [-0.05, 0) is 18.2 Å². The van der Waals surface area contributed by atoms with Crippen LogP contribution in [0.1, 0.15) is 11.1 Å². The van der Waals surface area contributed by atoms with E-state index in [9.17, 15) is 4.79 Å². The molecule has 4 nitrogen and oxygen atoms in total. The van der Waals surface area contributed by atoms with E-state index in [0.29, 0.717) is 0 Å². The van der Waals surface area contributed by atoms with Gasteiger partial charge in [0, 0.05) is 6.54 Å². The summed E-state index contributed by atoms with van der Waals surface area (Å²) in [4.78, 5) is 10.3. The summed E-state index contributed by atoms with van der Waals surface area (Å²) in [5.41, 5.74) is 6.97. The van der Waals surface area contributed by atoms with Crippen LogP contribution < -0.4 is 11.1 Å². The van der Waals surface area contributed by atoms with Gasteiger partial charge in [0.1, 0.15) is 6.61 Å². The third-order valence-electron chi connectivity index (χ3n) is 1.78. The Morgan fingerprint density at radius 1 is 1.36 bits per heavy atom. The minimum absolute atomic E-state index is 0.231. The fourth-order valence-electron chi connectivity index (χ4n) is 1.11. The number of hydrogen-bond acceptors (Lipinski definition) is 3. The van der Waals surface area contributed by atoms with E-state index in [1.54, 1.807) is 0 Å². The molecule has 0 aliphatic rings. The summed E-state index contributed by atoms with van der Waals surface area (Å²) in [5.74, 6) is 0. The van der Waals surface area contributed by atoms with Crippen molar-refractivity contribution >= 4 is 6.09 Å². The van der Waals surface area contributed by atoms with Crippen molar-refractivity contribution in [2.75, 3.05) is 7.05 Å². The van der Waals surface area contributed by atoms with Gasteiger partial charge in [0.25, 0.3) is 0 Å². The molecule has 1 aromatic carbocycles. The van der Waals surface area contributed by atoms with Crippen LogP contribution in [0.3, 0.4) is 0 Å². The number of hydrogen-bond donors (Lipinski definition) is 2. The van der Waals surface area contributed by atoms with Crippen molar-refractivity contribution in [2.45, 2.75) is 13.2 Å². The largest absolute Gasteiger partial charge is 0.445 e. The highest BCUT2D eigenvalue weighted by Gasteiger charge is 1.96. The first-order valence-electron chi connectivity index (χ1n) is 4.37. The summed E-state index contributed by atoms with van der Waals surface area (Å²) >= 11 is 0. The lowest BCUT2D eigenvalue weighted by molar-refractivity contribution is 0.150. The van der Waals surface area contributed by atoms with Gasteiger partial charge in [-0.25, -0.2) is 4.79 Å². The molecule has 0 aliphatic carbocycles. The maximum Gasteiger partial charge on any atom is 0.404 e. The van der Waals surface area contributed by atoms with Crippen LogP contribution in [-0.4, -0.2) is 13.1 Å². The third kappa shape index (κ3) is 3.45. The van der Waals surface area contributed by atoms with Crippen LogP contribution >= 0.6 is 0 Å². The van der Waals surface area contributed by atoms with E-state index >= 15 is 0 Å². The SMILES string of the molecule is CNCc1ccc(COC(N)=O)cc1. The van der Waals surface area contributed by atoms with Crippen molar-refractivity contribution < 1.29 is 9.53 Å². The van der Waals surface area contributed by atoms with Gasteiger partial charge in [-0.15, -0.1) is 0 Å². The van der Waals surface area contributed by atoms with Gasteiger partial charge < -0.3 is 15.8 Å². The first-order valence-corrected chi connectivity index (χ1v) is 4.37. The van der Waals surface area contributed by atoms with E-state index < -0.39 is 6.09 Å². The van der Waals surface area contributed by atoms with Gasteiger partial charge in [0.05, 0.1) is 0 Å². The number of rotatable bonds is 4. The Kier molecular flexibility index (Phi) is 3.94. The van der Waals surface area contributed by atoms with Gasteiger partial charge in [0.15, 0.2) is 0 Å². The standard InChI is InChI=1S/C10H14N2O2/c1-12-6-8-2-4-9(5-3-8)7-14-10(11)13/h2-5,12H,6-7H2,1H3,(H2,11,13). The second-order valence-corrected chi connectivity index (χ2v) is 2.95. The zero-order valence-corrected chi connectivity index (χ0v) is 8.12. The molecule has 3 N–H and O–H groups in total. The number of amides is 1. The van der Waals surface area contributed by atoms with Crippen molar-refractivity contribution in [3.05, 3.63) is 35.4 Å². The highest BCUT2D eigenvalue weighted by molar-refractivity contribution is 5.64. The molecule has 0 bridgehead atoms. The molecular formula is C10H14N2O2. The summed E-state index contributed by atoms with van der Waals surface area (Å²) in [6.07, 6.45) is -0.746. The maximum atomic E-state index is 10.3. The molecule has 1 rings (SSSR count). The van der Waals surface area contributed by atoms with Gasteiger partial charge in [0.2, 0.25) is 0 Å². The number of carbonyl (C=O) groups excluding carboxylic acids is 1. The van der Waals surface area contributed by atoms with Crippen molar-refractivity contribution in [3.63, 3.8) is 0 Å². The Balaban J connectivity index is 2.50. The van der Waals surface area contributed by atoms with Crippen LogP contribution in [0.2, 0.25) is 0 Å². The van der Waals surface area contributed by atoms with Crippen LogP contribution in [0.15, 0.2) is 24.3 Å². The summed E-state index contributed by atoms with van der Waals surface area (Å²) in [6, 6.07) is 7.79. The number of primary amides is 1. The highest BCUT2D eigenvalue weighted by atomic mass is 16.5. The molecule has 0 radical (unpaired) electrons. The maximum absolute atomic E-state index is 10.3. The van der Waals surface area contributed by atoms with Crippen molar-refractivity contribution in [2.24, 2.45) is 5.73 Å². The zero-order valence-electron chi connectivity index (χ0n) is 8.12. The van der Waals surface area contributed by atoms with Crippen molar-refractivity contribution in [1.29, 1.82) is 0 Å². The molecule has 0 heterocycles. The number of nitrogens with one attached hydrogen (secondary N) is 1. The molecule has 0 saturated carbocycles. The van der Waals surface area contributed by atoms with E-state index in [4.69, 9.17) is 5.73 Å².